The number of fused-ring (bicyclic) bond motifs is 1. The molecule has 1 saturated heterocycles. The summed E-state index contributed by atoms with van der Waals surface area (Å²) in [7, 11) is 4.96. The molecule has 3 fully saturated rings. The second-order valence-corrected chi connectivity index (χ2v) is 16.1. The Morgan fingerprint density at radius 1 is 1.09 bits per heavy atom. The molecular weight excluding hydrogens is 686 g/mol. The molecule has 0 bridgehead atoms. The van der Waals surface area contributed by atoms with Gasteiger partial charge in [-0.1, -0.05) is 12.8 Å². The highest BCUT2D eigenvalue weighted by molar-refractivity contribution is 6.02. The Morgan fingerprint density at radius 3 is 2.45 bits per heavy atom. The first-order valence-electron chi connectivity index (χ1n) is 18.9. The molecule has 2 N–H and O–H groups in total. The van der Waals surface area contributed by atoms with Gasteiger partial charge < -0.3 is 39.7 Å². The lowest BCUT2D eigenvalue weighted by Crippen LogP contribution is -2.53. The third-order valence-corrected chi connectivity index (χ3v) is 11.1. The number of amides is 3. The molecule has 2 saturated carbocycles. The van der Waals surface area contributed by atoms with Crippen LogP contribution in [0.5, 0.6) is 5.75 Å². The number of alkyl halides is 2. The Labute approximate surface area is 310 Å². The van der Waals surface area contributed by atoms with E-state index in [4.69, 9.17) is 9.47 Å². The van der Waals surface area contributed by atoms with Gasteiger partial charge in [0.15, 0.2) is 5.82 Å². The number of ether oxygens (including phenoxy) is 2. The van der Waals surface area contributed by atoms with Crippen molar-refractivity contribution >= 4 is 41.0 Å². The normalized spacial score (nSPS) is 22.3. The van der Waals surface area contributed by atoms with Crippen molar-refractivity contribution in [3.8, 4) is 5.75 Å². The van der Waals surface area contributed by atoms with Crippen molar-refractivity contribution in [1.29, 1.82) is 0 Å². The summed E-state index contributed by atoms with van der Waals surface area (Å²) in [6, 6.07) is 5.37. The molecule has 2 aliphatic carbocycles. The number of nitrogens with one attached hydrogen (secondary N) is 2. The van der Waals surface area contributed by atoms with Crippen LogP contribution in [0.4, 0.5) is 36.7 Å². The lowest BCUT2D eigenvalue weighted by Gasteiger charge is -2.42. The first kappa shape index (κ1) is 38.5. The van der Waals surface area contributed by atoms with Crippen LogP contribution in [0.25, 0.3) is 0 Å². The summed E-state index contributed by atoms with van der Waals surface area (Å²) in [6.07, 6.45) is 9.29. The Bertz CT molecular complexity index is 1650. The molecule has 3 amide bonds. The molecule has 13 nitrogen and oxygen atoms in total. The van der Waals surface area contributed by atoms with E-state index < -0.39 is 24.0 Å². The van der Waals surface area contributed by atoms with Gasteiger partial charge in [0.1, 0.15) is 17.0 Å². The molecule has 3 heterocycles. The Balaban J connectivity index is 1.00. The van der Waals surface area contributed by atoms with Crippen LogP contribution in [0.2, 0.25) is 0 Å². The zero-order valence-electron chi connectivity index (χ0n) is 31.8. The maximum absolute atomic E-state index is 15.0. The molecule has 290 valence electrons. The highest BCUT2D eigenvalue weighted by Crippen LogP contribution is 2.40. The number of carbonyl (C=O) groups excluding carboxylic acids is 3. The molecule has 0 spiro atoms. The summed E-state index contributed by atoms with van der Waals surface area (Å²) in [6.45, 7) is 7.35. The first-order chi connectivity index (χ1) is 25.1. The van der Waals surface area contributed by atoms with Crippen molar-refractivity contribution in [3.63, 3.8) is 0 Å². The fourth-order valence-electron chi connectivity index (χ4n) is 7.79. The molecule has 53 heavy (non-hydrogen) atoms. The molecule has 4 aliphatic rings. The summed E-state index contributed by atoms with van der Waals surface area (Å²) < 4.78 is 41.1. The van der Waals surface area contributed by atoms with Gasteiger partial charge in [-0.15, -0.1) is 0 Å². The van der Waals surface area contributed by atoms with Gasteiger partial charge in [0.25, 0.3) is 11.8 Å². The molecule has 2 aliphatic heterocycles. The summed E-state index contributed by atoms with van der Waals surface area (Å²) >= 11 is 0. The second kappa shape index (κ2) is 15.6. The first-order valence-corrected chi connectivity index (χ1v) is 18.9. The molecule has 0 unspecified atom stereocenters. The maximum Gasteiger partial charge on any atom is 0.410 e. The number of likely N-dealkylation sites (tertiary alicyclic amines) is 1. The van der Waals surface area contributed by atoms with E-state index in [2.05, 4.69) is 32.5 Å². The predicted molar refractivity (Wildman–Crippen MR) is 198 cm³/mol. The fraction of sp³-hybridized carbons (Fsp3) is 0.658. The number of anilines is 4. The average molecular weight is 741 g/mol. The molecule has 2 aromatic rings. The van der Waals surface area contributed by atoms with Gasteiger partial charge in [-0.05, 0) is 103 Å². The number of methoxy groups -OCH3 is 1. The minimum Gasteiger partial charge on any atom is -0.495 e. The van der Waals surface area contributed by atoms with E-state index in [9.17, 15) is 23.2 Å². The van der Waals surface area contributed by atoms with E-state index >= 15 is 0 Å². The van der Waals surface area contributed by atoms with Crippen molar-refractivity contribution in [3.05, 3.63) is 30.0 Å². The van der Waals surface area contributed by atoms with Gasteiger partial charge in [0.2, 0.25) is 5.95 Å². The zero-order valence-corrected chi connectivity index (χ0v) is 31.8. The zero-order chi connectivity index (χ0) is 38.1. The predicted octanol–water partition coefficient (Wildman–Crippen LogP) is 5.82. The van der Waals surface area contributed by atoms with Crippen molar-refractivity contribution in [1.82, 2.24) is 25.1 Å². The van der Waals surface area contributed by atoms with Crippen LogP contribution in [0.3, 0.4) is 0 Å². The van der Waals surface area contributed by atoms with Crippen molar-refractivity contribution in [2.45, 2.75) is 108 Å². The van der Waals surface area contributed by atoms with Gasteiger partial charge in [0, 0.05) is 43.8 Å². The second-order valence-electron chi connectivity index (χ2n) is 16.1. The monoisotopic (exact) mass is 740 g/mol. The van der Waals surface area contributed by atoms with E-state index in [0.717, 1.165) is 82.3 Å². The number of carbonyl (C=O) groups is 3. The van der Waals surface area contributed by atoms with E-state index in [1.54, 1.807) is 23.1 Å². The smallest absolute Gasteiger partial charge is 0.410 e. The van der Waals surface area contributed by atoms with E-state index in [1.807, 2.05) is 25.7 Å². The minimum absolute atomic E-state index is 0.0731. The number of nitrogens with zero attached hydrogens (tertiary/aromatic N) is 6. The van der Waals surface area contributed by atoms with Gasteiger partial charge in [-0.3, -0.25) is 9.59 Å². The summed E-state index contributed by atoms with van der Waals surface area (Å²) in [5.74, 6) is -3.63. The highest BCUT2D eigenvalue weighted by Gasteiger charge is 2.49. The summed E-state index contributed by atoms with van der Waals surface area (Å²) in [5, 5.41) is 6.27. The number of hydrogen-bond acceptors (Lipinski definition) is 10. The number of benzene rings is 1. The number of aromatic nitrogens is 2. The van der Waals surface area contributed by atoms with Gasteiger partial charge in [-0.2, -0.15) is 13.8 Å². The van der Waals surface area contributed by atoms with Gasteiger partial charge in [0.05, 0.1) is 25.5 Å². The number of rotatable bonds is 10. The van der Waals surface area contributed by atoms with Crippen LogP contribution < -0.4 is 25.2 Å². The number of piperidine rings is 1. The molecule has 1 aromatic carbocycles. The molecule has 1 aromatic heterocycles. The number of hydrogen-bond donors (Lipinski definition) is 2. The third kappa shape index (κ3) is 8.93. The van der Waals surface area contributed by atoms with Crippen LogP contribution in [0.1, 0.15) is 88.9 Å². The van der Waals surface area contributed by atoms with Crippen LogP contribution >= 0.6 is 0 Å². The van der Waals surface area contributed by atoms with Crippen LogP contribution in [-0.2, 0) is 9.53 Å². The standard InChI is InChI=1S/C38H54F2N8O5/c1-37(2,3)53-36(51)47-17-14-24(15-18-47)13-16-45(4)28-20-26(21-28)42-33(49)25-11-12-29(31(19-25)52-6)43-35-41-22-30-32(44-35)48(27-9-7-8-10-27)23-38(39,40)34(50)46(30)5/h11-12,19,22,24,26-28H,7-10,13-18,20-21,23H2,1-6H3,(H,42,49)(H,41,43,44). The fourth-order valence-corrected chi connectivity index (χ4v) is 7.79. The average Bonchev–Trinajstić information content (AvgIpc) is 3.63. The Hall–Kier alpha value is -4.27. The van der Waals surface area contributed by atoms with Gasteiger partial charge in [-0.25, -0.2) is 9.78 Å². The van der Waals surface area contributed by atoms with Crippen molar-refractivity contribution < 1.29 is 32.6 Å². The van der Waals surface area contributed by atoms with Crippen LogP contribution in [0, 0.1) is 5.92 Å². The lowest BCUT2D eigenvalue weighted by atomic mass is 9.85. The molecular formula is C38H54F2N8O5. The topological polar surface area (TPSA) is 132 Å². The van der Waals surface area contributed by atoms with Gasteiger partial charge >= 0.3 is 12.0 Å². The Kier molecular flexibility index (Phi) is 11.3. The molecule has 15 heteroatoms. The molecule has 6 rings (SSSR count). The largest absolute Gasteiger partial charge is 0.495 e. The van der Waals surface area contributed by atoms with Crippen molar-refractivity contribution in [2.75, 3.05) is 62.5 Å². The van der Waals surface area contributed by atoms with Crippen molar-refractivity contribution in [2.24, 2.45) is 5.92 Å². The van der Waals surface area contributed by atoms with E-state index in [-0.39, 0.29) is 41.5 Å². The SMILES string of the molecule is COc1cc(C(=O)NC2CC(N(C)CCC3CCN(C(=O)OC(C)(C)C)CC3)C2)ccc1Nc1ncc2c(n1)N(C1CCCC1)CC(F)(F)C(=O)N2C. The third-order valence-electron chi connectivity index (χ3n) is 11.1. The Morgan fingerprint density at radius 2 is 1.79 bits per heavy atom. The van der Waals surface area contributed by atoms with Crippen LogP contribution in [-0.4, -0.2) is 115 Å². The highest BCUT2D eigenvalue weighted by atomic mass is 19.3. The maximum atomic E-state index is 15.0. The van der Waals surface area contributed by atoms with E-state index in [0.29, 0.717) is 29.0 Å². The lowest BCUT2D eigenvalue weighted by molar-refractivity contribution is -0.140. The summed E-state index contributed by atoms with van der Waals surface area (Å²) in [4.78, 5) is 53.9. The number of halogens is 2. The molecule has 0 radical (unpaired) electrons. The van der Waals surface area contributed by atoms with E-state index in [1.165, 1.54) is 20.4 Å². The summed E-state index contributed by atoms with van der Waals surface area (Å²) in [5.41, 5.74) is 0.686. The minimum atomic E-state index is -3.56. The molecule has 0 atom stereocenters. The van der Waals surface area contributed by atoms with Crippen LogP contribution in [0.15, 0.2) is 24.4 Å². The quantitative estimate of drug-likeness (QED) is 0.307.